The summed E-state index contributed by atoms with van der Waals surface area (Å²) in [6.07, 6.45) is 1.98. The van der Waals surface area contributed by atoms with Gasteiger partial charge >= 0.3 is 0 Å². The third-order valence-electron chi connectivity index (χ3n) is 4.87. The second-order valence-corrected chi connectivity index (χ2v) is 6.79. The van der Waals surface area contributed by atoms with Crippen LogP contribution in [0.15, 0.2) is 18.2 Å². The molecule has 0 saturated heterocycles. The van der Waals surface area contributed by atoms with Gasteiger partial charge in [-0.2, -0.15) is 4.98 Å². The van der Waals surface area contributed by atoms with E-state index in [2.05, 4.69) is 41.2 Å². The van der Waals surface area contributed by atoms with Crippen LogP contribution in [0.5, 0.6) is 11.5 Å². The Kier molecular flexibility index (Phi) is 5.49. The van der Waals surface area contributed by atoms with Crippen molar-refractivity contribution >= 4 is 11.8 Å². The molecule has 0 amide bonds. The summed E-state index contributed by atoms with van der Waals surface area (Å²) in [5.74, 6) is 3.22. The Hall–Kier alpha value is -2.50. The van der Waals surface area contributed by atoms with E-state index in [9.17, 15) is 0 Å². The first-order chi connectivity index (χ1) is 12.5. The van der Waals surface area contributed by atoms with Crippen molar-refractivity contribution in [1.29, 1.82) is 0 Å². The van der Waals surface area contributed by atoms with Crippen molar-refractivity contribution in [2.45, 2.75) is 46.2 Å². The number of rotatable bonds is 6. The molecule has 1 N–H and O–H groups in total. The van der Waals surface area contributed by atoms with Crippen LogP contribution >= 0.6 is 0 Å². The van der Waals surface area contributed by atoms with E-state index >= 15 is 0 Å². The minimum absolute atomic E-state index is 0.350. The van der Waals surface area contributed by atoms with Crippen LogP contribution in [-0.2, 0) is 13.0 Å². The molecule has 6 heteroatoms. The van der Waals surface area contributed by atoms with Gasteiger partial charge in [-0.05, 0) is 49.9 Å². The van der Waals surface area contributed by atoms with E-state index in [1.165, 1.54) is 11.1 Å². The molecule has 1 aromatic heterocycles. The van der Waals surface area contributed by atoms with Crippen molar-refractivity contribution in [2.24, 2.45) is 0 Å². The van der Waals surface area contributed by atoms with Crippen LogP contribution in [0.3, 0.4) is 0 Å². The topological polar surface area (TPSA) is 59.5 Å². The molecule has 6 nitrogen and oxygen atoms in total. The lowest BCUT2D eigenvalue weighted by molar-refractivity contribution is 0.353. The SMILES string of the molecule is CC[C@H](C)Nc1nc(C)cc(N2CCc3cc(OC)c(OC)cc3C2)n1. The third kappa shape index (κ3) is 3.84. The van der Waals surface area contributed by atoms with Gasteiger partial charge in [0.2, 0.25) is 5.95 Å². The second-order valence-electron chi connectivity index (χ2n) is 6.79. The largest absolute Gasteiger partial charge is 0.493 e. The highest BCUT2D eigenvalue weighted by Gasteiger charge is 2.21. The summed E-state index contributed by atoms with van der Waals surface area (Å²) in [4.78, 5) is 11.6. The minimum atomic E-state index is 0.350. The summed E-state index contributed by atoms with van der Waals surface area (Å²) in [7, 11) is 3.35. The lowest BCUT2D eigenvalue weighted by Crippen LogP contribution is -2.31. The van der Waals surface area contributed by atoms with Gasteiger partial charge in [-0.3, -0.25) is 0 Å². The predicted molar refractivity (Wildman–Crippen MR) is 104 cm³/mol. The summed E-state index contributed by atoms with van der Waals surface area (Å²) < 4.78 is 10.9. The van der Waals surface area contributed by atoms with Crippen molar-refractivity contribution in [2.75, 3.05) is 31.0 Å². The first-order valence-electron chi connectivity index (χ1n) is 9.15. The van der Waals surface area contributed by atoms with Gasteiger partial charge in [-0.25, -0.2) is 4.98 Å². The second kappa shape index (κ2) is 7.81. The fourth-order valence-corrected chi connectivity index (χ4v) is 3.18. The highest BCUT2D eigenvalue weighted by Crippen LogP contribution is 2.34. The molecule has 0 aliphatic carbocycles. The summed E-state index contributed by atoms with van der Waals surface area (Å²) in [5.41, 5.74) is 3.53. The van der Waals surface area contributed by atoms with Crippen LogP contribution in [0.25, 0.3) is 0 Å². The number of hydrogen-bond acceptors (Lipinski definition) is 6. The highest BCUT2D eigenvalue weighted by atomic mass is 16.5. The Morgan fingerprint density at radius 3 is 2.46 bits per heavy atom. The molecule has 26 heavy (non-hydrogen) atoms. The fourth-order valence-electron chi connectivity index (χ4n) is 3.18. The van der Waals surface area contributed by atoms with Crippen LogP contribution in [0.1, 0.15) is 37.1 Å². The number of anilines is 2. The number of nitrogens with one attached hydrogen (secondary N) is 1. The van der Waals surface area contributed by atoms with Gasteiger partial charge in [-0.15, -0.1) is 0 Å². The zero-order valence-electron chi connectivity index (χ0n) is 16.3. The molecule has 1 atom stereocenters. The maximum atomic E-state index is 5.46. The molecule has 1 aliphatic rings. The Morgan fingerprint density at radius 2 is 1.81 bits per heavy atom. The average Bonchev–Trinajstić information content (AvgIpc) is 2.65. The maximum Gasteiger partial charge on any atom is 0.225 e. The smallest absolute Gasteiger partial charge is 0.225 e. The molecule has 0 unspecified atom stereocenters. The summed E-state index contributed by atoms with van der Waals surface area (Å²) >= 11 is 0. The summed E-state index contributed by atoms with van der Waals surface area (Å²) in [6.45, 7) is 8.02. The Bertz CT molecular complexity index is 779. The van der Waals surface area contributed by atoms with E-state index in [4.69, 9.17) is 14.5 Å². The van der Waals surface area contributed by atoms with Gasteiger partial charge in [-0.1, -0.05) is 6.92 Å². The van der Waals surface area contributed by atoms with Crippen LogP contribution < -0.4 is 19.7 Å². The number of benzene rings is 1. The van der Waals surface area contributed by atoms with Crippen LogP contribution in [0, 0.1) is 6.92 Å². The van der Waals surface area contributed by atoms with Crippen molar-refractivity contribution in [3.8, 4) is 11.5 Å². The van der Waals surface area contributed by atoms with Crippen molar-refractivity contribution in [1.82, 2.24) is 9.97 Å². The zero-order valence-corrected chi connectivity index (χ0v) is 16.3. The third-order valence-corrected chi connectivity index (χ3v) is 4.87. The molecule has 0 fully saturated rings. The van der Waals surface area contributed by atoms with E-state index < -0.39 is 0 Å². The summed E-state index contributed by atoms with van der Waals surface area (Å²) in [6, 6.07) is 6.57. The molecular formula is C20H28N4O2. The minimum Gasteiger partial charge on any atom is -0.493 e. The predicted octanol–water partition coefficient (Wildman–Crippen LogP) is 3.58. The van der Waals surface area contributed by atoms with E-state index in [1.54, 1.807) is 14.2 Å². The standard InChI is InChI=1S/C20H28N4O2/c1-6-13(2)21-20-22-14(3)9-19(23-20)24-8-7-15-10-17(25-4)18(26-5)11-16(15)12-24/h9-11,13H,6-8,12H2,1-5H3,(H,21,22,23)/t13-/m0/s1. The van der Waals surface area contributed by atoms with Crippen LogP contribution in [-0.4, -0.2) is 36.8 Å². The molecular weight excluding hydrogens is 328 g/mol. The molecule has 1 aromatic carbocycles. The van der Waals surface area contributed by atoms with E-state index in [1.807, 2.05) is 13.0 Å². The van der Waals surface area contributed by atoms with Crippen LogP contribution in [0.4, 0.5) is 11.8 Å². The monoisotopic (exact) mass is 356 g/mol. The Morgan fingerprint density at radius 1 is 1.12 bits per heavy atom. The van der Waals surface area contributed by atoms with Gasteiger partial charge < -0.3 is 19.7 Å². The molecule has 2 heterocycles. The maximum absolute atomic E-state index is 5.46. The first kappa shape index (κ1) is 18.3. The molecule has 140 valence electrons. The Labute approximate surface area is 155 Å². The molecule has 0 bridgehead atoms. The number of ether oxygens (including phenoxy) is 2. The number of fused-ring (bicyclic) bond motifs is 1. The van der Waals surface area contributed by atoms with Gasteiger partial charge in [0.25, 0.3) is 0 Å². The summed E-state index contributed by atoms with van der Waals surface area (Å²) in [5, 5.41) is 3.38. The van der Waals surface area contributed by atoms with E-state index in [0.717, 1.165) is 48.9 Å². The lowest BCUT2D eigenvalue weighted by Gasteiger charge is -2.31. The van der Waals surface area contributed by atoms with Crippen LogP contribution in [0.2, 0.25) is 0 Å². The molecule has 2 aromatic rings. The number of nitrogens with zero attached hydrogens (tertiary/aromatic N) is 3. The fraction of sp³-hybridized carbons (Fsp3) is 0.500. The molecule has 0 radical (unpaired) electrons. The van der Waals surface area contributed by atoms with Gasteiger partial charge in [0, 0.05) is 30.9 Å². The molecule has 0 saturated carbocycles. The normalized spacial score (nSPS) is 14.6. The van der Waals surface area contributed by atoms with Gasteiger partial charge in [0.05, 0.1) is 14.2 Å². The number of methoxy groups -OCH3 is 2. The Balaban J connectivity index is 1.86. The van der Waals surface area contributed by atoms with Crippen molar-refractivity contribution < 1.29 is 9.47 Å². The van der Waals surface area contributed by atoms with E-state index in [0.29, 0.717) is 12.0 Å². The number of aromatic nitrogens is 2. The van der Waals surface area contributed by atoms with Gasteiger partial charge in [0.1, 0.15) is 5.82 Å². The highest BCUT2D eigenvalue weighted by molar-refractivity contribution is 5.53. The van der Waals surface area contributed by atoms with Crippen molar-refractivity contribution in [3.63, 3.8) is 0 Å². The first-order valence-corrected chi connectivity index (χ1v) is 9.15. The quantitative estimate of drug-likeness (QED) is 0.854. The average molecular weight is 356 g/mol. The molecule has 0 spiro atoms. The number of aryl methyl sites for hydroxylation is 1. The number of hydrogen-bond donors (Lipinski definition) is 1. The van der Waals surface area contributed by atoms with Gasteiger partial charge in [0.15, 0.2) is 11.5 Å². The lowest BCUT2D eigenvalue weighted by atomic mass is 9.99. The molecule has 1 aliphatic heterocycles. The van der Waals surface area contributed by atoms with E-state index in [-0.39, 0.29) is 0 Å². The molecule has 3 rings (SSSR count). The van der Waals surface area contributed by atoms with Crippen molar-refractivity contribution in [3.05, 3.63) is 35.0 Å². The zero-order chi connectivity index (χ0) is 18.7.